The summed E-state index contributed by atoms with van der Waals surface area (Å²) in [6.45, 7) is 4.42. The van der Waals surface area contributed by atoms with Crippen molar-refractivity contribution in [2.75, 3.05) is 5.32 Å². The number of hydrogen-bond acceptors (Lipinski definition) is 2. The second-order valence-corrected chi connectivity index (χ2v) is 4.99. The van der Waals surface area contributed by atoms with E-state index in [1.807, 2.05) is 12.3 Å². The zero-order chi connectivity index (χ0) is 11.4. The molecule has 0 aliphatic heterocycles. The van der Waals surface area contributed by atoms with E-state index in [4.69, 9.17) is 0 Å². The van der Waals surface area contributed by atoms with Gasteiger partial charge in [-0.1, -0.05) is 13.3 Å². The fourth-order valence-electron chi connectivity index (χ4n) is 2.54. The zero-order valence-electron chi connectivity index (χ0n) is 10.4. The van der Waals surface area contributed by atoms with Crippen LogP contribution in [0, 0.1) is 12.8 Å². The molecule has 1 saturated carbocycles. The van der Waals surface area contributed by atoms with Crippen LogP contribution < -0.4 is 5.32 Å². The highest BCUT2D eigenvalue weighted by Crippen LogP contribution is 2.28. The van der Waals surface area contributed by atoms with Gasteiger partial charge >= 0.3 is 0 Å². The van der Waals surface area contributed by atoms with Gasteiger partial charge in [0.1, 0.15) is 5.82 Å². The monoisotopic (exact) mass is 218 g/mol. The first-order valence-corrected chi connectivity index (χ1v) is 6.47. The number of anilines is 1. The largest absolute Gasteiger partial charge is 0.367 e. The van der Waals surface area contributed by atoms with Gasteiger partial charge < -0.3 is 5.32 Å². The maximum Gasteiger partial charge on any atom is 0.126 e. The highest BCUT2D eigenvalue weighted by molar-refractivity contribution is 5.38. The lowest BCUT2D eigenvalue weighted by Gasteiger charge is -2.28. The molecular formula is C14H22N2. The summed E-state index contributed by atoms with van der Waals surface area (Å²) < 4.78 is 0. The highest BCUT2D eigenvalue weighted by Gasteiger charge is 2.19. The van der Waals surface area contributed by atoms with Crippen LogP contribution in [0.1, 0.15) is 44.6 Å². The van der Waals surface area contributed by atoms with E-state index in [0.29, 0.717) is 6.04 Å². The fraction of sp³-hybridized carbons (Fsp3) is 0.643. The molecule has 2 nitrogen and oxygen atoms in total. The quantitative estimate of drug-likeness (QED) is 0.835. The van der Waals surface area contributed by atoms with Gasteiger partial charge in [-0.25, -0.2) is 4.98 Å². The molecule has 1 heterocycles. The number of aryl methyl sites for hydroxylation is 1. The van der Waals surface area contributed by atoms with Crippen LogP contribution in [0.3, 0.4) is 0 Å². The van der Waals surface area contributed by atoms with Crippen LogP contribution >= 0.6 is 0 Å². The van der Waals surface area contributed by atoms with Crippen molar-refractivity contribution in [3.63, 3.8) is 0 Å². The van der Waals surface area contributed by atoms with Crippen molar-refractivity contribution in [3.8, 4) is 0 Å². The van der Waals surface area contributed by atoms with Crippen LogP contribution in [0.15, 0.2) is 18.3 Å². The van der Waals surface area contributed by atoms with Gasteiger partial charge in [-0.3, -0.25) is 0 Å². The molecule has 0 amide bonds. The number of pyridine rings is 1. The molecule has 0 spiro atoms. The van der Waals surface area contributed by atoms with Crippen molar-refractivity contribution in [2.24, 2.45) is 5.92 Å². The molecule has 0 bridgehead atoms. The average molecular weight is 218 g/mol. The van der Waals surface area contributed by atoms with Crippen molar-refractivity contribution >= 4 is 5.82 Å². The van der Waals surface area contributed by atoms with E-state index in [1.54, 1.807) is 0 Å². The predicted octanol–water partition coefficient (Wildman–Crippen LogP) is 3.77. The Morgan fingerprint density at radius 3 is 2.69 bits per heavy atom. The van der Waals surface area contributed by atoms with Crippen molar-refractivity contribution in [1.29, 1.82) is 0 Å². The minimum absolute atomic E-state index is 0.636. The Bertz CT molecular complexity index is 327. The molecule has 0 aromatic carbocycles. The van der Waals surface area contributed by atoms with Crippen LogP contribution in [0.4, 0.5) is 5.82 Å². The number of aromatic nitrogens is 1. The molecule has 0 unspecified atom stereocenters. The minimum atomic E-state index is 0.636. The van der Waals surface area contributed by atoms with E-state index >= 15 is 0 Å². The van der Waals surface area contributed by atoms with Crippen LogP contribution in [0.2, 0.25) is 0 Å². The predicted molar refractivity (Wildman–Crippen MR) is 68.6 cm³/mol. The Morgan fingerprint density at radius 2 is 2.06 bits per heavy atom. The van der Waals surface area contributed by atoms with E-state index in [1.165, 1.54) is 37.7 Å². The molecule has 16 heavy (non-hydrogen) atoms. The summed E-state index contributed by atoms with van der Waals surface area (Å²) in [6.07, 6.45) is 8.58. The van der Waals surface area contributed by atoms with Gasteiger partial charge in [0, 0.05) is 12.2 Å². The van der Waals surface area contributed by atoms with Crippen LogP contribution in [0.25, 0.3) is 0 Å². The lowest BCUT2D eigenvalue weighted by atomic mass is 9.84. The summed E-state index contributed by atoms with van der Waals surface area (Å²) in [5, 5.41) is 3.56. The minimum Gasteiger partial charge on any atom is -0.367 e. The fourth-order valence-corrected chi connectivity index (χ4v) is 2.54. The van der Waals surface area contributed by atoms with Gasteiger partial charge in [0.15, 0.2) is 0 Å². The van der Waals surface area contributed by atoms with E-state index in [-0.39, 0.29) is 0 Å². The third kappa shape index (κ3) is 2.97. The molecule has 0 atom stereocenters. The summed E-state index contributed by atoms with van der Waals surface area (Å²) in [4.78, 5) is 4.36. The van der Waals surface area contributed by atoms with Gasteiger partial charge in [0.25, 0.3) is 0 Å². The Labute approximate surface area is 98.5 Å². The van der Waals surface area contributed by atoms with Gasteiger partial charge in [-0.2, -0.15) is 0 Å². The first-order chi connectivity index (χ1) is 7.78. The third-order valence-electron chi connectivity index (χ3n) is 3.69. The van der Waals surface area contributed by atoms with E-state index in [9.17, 15) is 0 Å². The van der Waals surface area contributed by atoms with Gasteiger partial charge in [0.2, 0.25) is 0 Å². The maximum atomic E-state index is 4.36. The van der Waals surface area contributed by atoms with E-state index in [2.05, 4.69) is 30.2 Å². The lowest BCUT2D eigenvalue weighted by Crippen LogP contribution is -2.26. The molecule has 1 aromatic rings. The van der Waals surface area contributed by atoms with Gasteiger partial charge in [-0.15, -0.1) is 0 Å². The number of nitrogens with one attached hydrogen (secondary N) is 1. The molecular weight excluding hydrogens is 196 g/mol. The normalized spacial score (nSPS) is 25.4. The highest BCUT2D eigenvalue weighted by atomic mass is 15.0. The molecule has 0 saturated heterocycles. The lowest BCUT2D eigenvalue weighted by molar-refractivity contribution is 0.330. The summed E-state index contributed by atoms with van der Waals surface area (Å²) in [6, 6.07) is 4.81. The molecule has 1 N–H and O–H groups in total. The Balaban J connectivity index is 1.87. The molecule has 1 fully saturated rings. The molecule has 88 valence electrons. The second kappa shape index (κ2) is 5.33. The molecule has 1 aliphatic rings. The van der Waals surface area contributed by atoms with Crippen molar-refractivity contribution < 1.29 is 0 Å². The smallest absolute Gasteiger partial charge is 0.126 e. The molecule has 2 heteroatoms. The van der Waals surface area contributed by atoms with E-state index in [0.717, 1.165) is 11.7 Å². The number of nitrogens with zero attached hydrogens (tertiary/aromatic N) is 1. The van der Waals surface area contributed by atoms with Crippen LogP contribution in [-0.4, -0.2) is 11.0 Å². The standard InChI is InChI=1S/C14H22N2/c1-3-12-4-6-13(7-5-12)16-14-10-11(2)8-9-15-14/h8-10,12-13H,3-7H2,1-2H3,(H,15,16). The molecule has 1 aromatic heterocycles. The third-order valence-corrected chi connectivity index (χ3v) is 3.69. The Morgan fingerprint density at radius 1 is 1.31 bits per heavy atom. The van der Waals surface area contributed by atoms with Crippen LogP contribution in [-0.2, 0) is 0 Å². The first-order valence-electron chi connectivity index (χ1n) is 6.47. The zero-order valence-corrected chi connectivity index (χ0v) is 10.4. The maximum absolute atomic E-state index is 4.36. The molecule has 0 radical (unpaired) electrons. The number of rotatable bonds is 3. The molecule has 2 rings (SSSR count). The van der Waals surface area contributed by atoms with Crippen molar-refractivity contribution in [1.82, 2.24) is 4.98 Å². The molecule has 1 aliphatic carbocycles. The van der Waals surface area contributed by atoms with Gasteiger partial charge in [-0.05, 0) is 56.2 Å². The summed E-state index contributed by atoms with van der Waals surface area (Å²) in [7, 11) is 0. The number of hydrogen-bond donors (Lipinski definition) is 1. The van der Waals surface area contributed by atoms with Crippen LogP contribution in [0.5, 0.6) is 0 Å². The summed E-state index contributed by atoms with van der Waals surface area (Å²) >= 11 is 0. The topological polar surface area (TPSA) is 24.9 Å². The van der Waals surface area contributed by atoms with Crippen molar-refractivity contribution in [2.45, 2.75) is 52.0 Å². The second-order valence-electron chi connectivity index (χ2n) is 4.99. The average Bonchev–Trinajstić information content (AvgIpc) is 2.30. The van der Waals surface area contributed by atoms with Gasteiger partial charge in [0.05, 0.1) is 0 Å². The summed E-state index contributed by atoms with van der Waals surface area (Å²) in [5.41, 5.74) is 1.28. The Hall–Kier alpha value is -1.05. The SMILES string of the molecule is CCC1CCC(Nc2cc(C)ccn2)CC1. The Kier molecular flexibility index (Phi) is 3.81. The van der Waals surface area contributed by atoms with Crippen molar-refractivity contribution in [3.05, 3.63) is 23.9 Å². The van der Waals surface area contributed by atoms with E-state index < -0.39 is 0 Å². The summed E-state index contributed by atoms with van der Waals surface area (Å²) in [5.74, 6) is 2.00. The first kappa shape index (κ1) is 11.4.